The number of carbonyl (C=O) groups excluding carboxylic acids is 1. The fourth-order valence-corrected chi connectivity index (χ4v) is 4.45. The molecule has 0 aliphatic rings. The number of aromatic amines is 1. The number of fused-ring (bicyclic) bond motifs is 1. The maximum Gasteiger partial charge on any atom is 0.264 e. The summed E-state index contributed by atoms with van der Waals surface area (Å²) in [5, 5.41) is 2.78. The van der Waals surface area contributed by atoms with Crippen molar-refractivity contribution in [3.63, 3.8) is 0 Å². The van der Waals surface area contributed by atoms with Gasteiger partial charge in [0.15, 0.2) is 0 Å². The number of para-hydroxylation sites is 2. The van der Waals surface area contributed by atoms with Crippen LogP contribution in [0.2, 0.25) is 0 Å². The third-order valence-electron chi connectivity index (χ3n) is 5.01. The lowest BCUT2D eigenvalue weighted by molar-refractivity contribution is 0.0949. The molecule has 0 bridgehead atoms. The number of nitrogens with zero attached hydrogens (tertiary/aromatic N) is 2. The number of aromatic nitrogens is 2. The fourth-order valence-electron chi connectivity index (χ4n) is 3.20. The number of sulfonamides is 1. The first kappa shape index (κ1) is 20.6. The van der Waals surface area contributed by atoms with Crippen molar-refractivity contribution < 1.29 is 13.2 Å². The Morgan fingerprint density at radius 3 is 2.52 bits per heavy atom. The maximum atomic E-state index is 13.1. The van der Waals surface area contributed by atoms with Crippen LogP contribution in [0.1, 0.15) is 21.7 Å². The van der Waals surface area contributed by atoms with Crippen LogP contribution in [0, 0.1) is 6.92 Å². The molecule has 0 aliphatic carbocycles. The molecule has 0 fully saturated rings. The van der Waals surface area contributed by atoms with Gasteiger partial charge >= 0.3 is 0 Å². The van der Waals surface area contributed by atoms with Crippen LogP contribution >= 0.6 is 0 Å². The van der Waals surface area contributed by atoms with Gasteiger partial charge in [0.2, 0.25) is 0 Å². The Morgan fingerprint density at radius 2 is 1.77 bits per heavy atom. The monoisotopic (exact) mass is 434 g/mol. The third kappa shape index (κ3) is 4.29. The molecule has 7 nitrogen and oxygen atoms in total. The van der Waals surface area contributed by atoms with Crippen LogP contribution in [0.3, 0.4) is 0 Å². The number of rotatable bonds is 6. The molecule has 3 aromatic carbocycles. The molecular weight excluding hydrogens is 412 g/mol. The number of benzene rings is 3. The zero-order chi connectivity index (χ0) is 22.0. The predicted octanol–water partition coefficient (Wildman–Crippen LogP) is 3.63. The van der Waals surface area contributed by atoms with Crippen molar-refractivity contribution in [2.24, 2.45) is 0 Å². The van der Waals surface area contributed by atoms with E-state index in [0.29, 0.717) is 11.5 Å². The molecule has 4 aromatic rings. The van der Waals surface area contributed by atoms with Gasteiger partial charge in [0.05, 0.1) is 28.2 Å². The maximum absolute atomic E-state index is 13.1. The number of imidazole rings is 1. The van der Waals surface area contributed by atoms with Crippen LogP contribution < -0.4 is 9.62 Å². The van der Waals surface area contributed by atoms with Crippen LogP contribution in [-0.2, 0) is 16.6 Å². The molecule has 8 heteroatoms. The summed E-state index contributed by atoms with van der Waals surface area (Å²) in [6, 6.07) is 20.8. The molecule has 0 saturated heterocycles. The number of hydrogen-bond acceptors (Lipinski definition) is 4. The smallest absolute Gasteiger partial charge is 0.264 e. The number of aryl methyl sites for hydroxylation is 1. The van der Waals surface area contributed by atoms with Crippen LogP contribution in [0.4, 0.5) is 5.69 Å². The van der Waals surface area contributed by atoms with Crippen LogP contribution in [0.25, 0.3) is 11.0 Å². The number of hydrogen-bond donors (Lipinski definition) is 2. The van der Waals surface area contributed by atoms with Crippen molar-refractivity contribution in [1.82, 2.24) is 15.3 Å². The quantitative estimate of drug-likeness (QED) is 0.484. The highest BCUT2D eigenvalue weighted by atomic mass is 32.2. The number of nitrogens with one attached hydrogen (secondary N) is 2. The average Bonchev–Trinajstić information content (AvgIpc) is 3.20. The molecule has 1 aromatic heterocycles. The Balaban J connectivity index is 1.51. The molecule has 0 radical (unpaired) electrons. The lowest BCUT2D eigenvalue weighted by atomic mass is 10.2. The second-order valence-corrected chi connectivity index (χ2v) is 9.19. The Morgan fingerprint density at radius 1 is 1.03 bits per heavy atom. The molecule has 1 heterocycles. The highest BCUT2D eigenvalue weighted by Gasteiger charge is 2.22. The minimum absolute atomic E-state index is 0.0481. The molecule has 1 amide bonds. The SMILES string of the molecule is Cc1ccc(N(C)S(=O)(=O)c2cccc(C(=O)NCc3nc4ccccc4[nH]3)c2)cc1. The van der Waals surface area contributed by atoms with E-state index in [1.165, 1.54) is 23.5 Å². The van der Waals surface area contributed by atoms with Crippen molar-refractivity contribution in [2.75, 3.05) is 11.4 Å². The second-order valence-electron chi connectivity index (χ2n) is 7.22. The van der Waals surface area contributed by atoms with E-state index < -0.39 is 10.0 Å². The number of amides is 1. The van der Waals surface area contributed by atoms with Gasteiger partial charge < -0.3 is 10.3 Å². The molecule has 31 heavy (non-hydrogen) atoms. The minimum Gasteiger partial charge on any atom is -0.345 e. The van der Waals surface area contributed by atoms with Crippen molar-refractivity contribution >= 4 is 32.7 Å². The summed E-state index contributed by atoms with van der Waals surface area (Å²) < 4.78 is 27.3. The van der Waals surface area contributed by atoms with Crippen LogP contribution in [0.5, 0.6) is 0 Å². The Kier molecular flexibility index (Phi) is 5.48. The molecule has 0 saturated carbocycles. The molecule has 2 N–H and O–H groups in total. The minimum atomic E-state index is -3.81. The van der Waals surface area contributed by atoms with Crippen molar-refractivity contribution in [3.05, 3.63) is 89.7 Å². The number of H-pyrrole nitrogens is 1. The molecule has 4 rings (SSSR count). The zero-order valence-electron chi connectivity index (χ0n) is 17.2. The number of carbonyl (C=O) groups is 1. The van der Waals surface area contributed by atoms with Gasteiger partial charge in [-0.3, -0.25) is 9.10 Å². The number of anilines is 1. The first-order valence-electron chi connectivity index (χ1n) is 9.72. The Hall–Kier alpha value is -3.65. The van der Waals surface area contributed by atoms with Gasteiger partial charge in [-0.1, -0.05) is 35.9 Å². The van der Waals surface area contributed by atoms with E-state index >= 15 is 0 Å². The van der Waals surface area contributed by atoms with Gasteiger partial charge in [-0.25, -0.2) is 13.4 Å². The van der Waals surface area contributed by atoms with Crippen molar-refractivity contribution in [3.8, 4) is 0 Å². The van der Waals surface area contributed by atoms with Crippen LogP contribution in [-0.4, -0.2) is 31.3 Å². The van der Waals surface area contributed by atoms with E-state index in [1.807, 2.05) is 43.3 Å². The van der Waals surface area contributed by atoms with Gasteiger partial charge in [-0.05, 0) is 49.4 Å². The highest BCUT2D eigenvalue weighted by molar-refractivity contribution is 7.92. The van der Waals surface area contributed by atoms with Crippen LogP contribution in [0.15, 0.2) is 77.7 Å². The van der Waals surface area contributed by atoms with E-state index in [2.05, 4.69) is 15.3 Å². The van der Waals surface area contributed by atoms with E-state index in [9.17, 15) is 13.2 Å². The molecule has 0 spiro atoms. The second kappa shape index (κ2) is 8.23. The summed E-state index contributed by atoms with van der Waals surface area (Å²) in [6.45, 7) is 2.14. The van der Waals surface area contributed by atoms with E-state index in [0.717, 1.165) is 16.6 Å². The van der Waals surface area contributed by atoms with Gasteiger partial charge in [0.25, 0.3) is 15.9 Å². The van der Waals surface area contributed by atoms with Gasteiger partial charge in [-0.15, -0.1) is 0 Å². The van der Waals surface area contributed by atoms with E-state index in [1.54, 1.807) is 24.3 Å². The normalized spacial score (nSPS) is 11.4. The van der Waals surface area contributed by atoms with E-state index in [-0.39, 0.29) is 22.9 Å². The topological polar surface area (TPSA) is 95.2 Å². The van der Waals surface area contributed by atoms with E-state index in [4.69, 9.17) is 0 Å². The molecule has 0 unspecified atom stereocenters. The molecule has 158 valence electrons. The van der Waals surface area contributed by atoms with Gasteiger partial charge in [-0.2, -0.15) is 0 Å². The molecule has 0 aliphatic heterocycles. The summed E-state index contributed by atoms with van der Waals surface area (Å²) in [5.74, 6) is 0.243. The highest BCUT2D eigenvalue weighted by Crippen LogP contribution is 2.23. The summed E-state index contributed by atoms with van der Waals surface area (Å²) in [5.41, 5.74) is 3.55. The summed E-state index contributed by atoms with van der Waals surface area (Å²) >= 11 is 0. The largest absolute Gasteiger partial charge is 0.345 e. The standard InChI is InChI=1S/C23H22N4O3S/c1-16-10-12-18(13-11-16)27(2)31(29,30)19-7-5-6-17(14-19)23(28)24-15-22-25-20-8-3-4-9-21(20)26-22/h3-14H,15H2,1-2H3,(H,24,28)(H,25,26). The summed E-state index contributed by atoms with van der Waals surface area (Å²) in [4.78, 5) is 20.2. The Labute approximate surface area is 180 Å². The Bertz CT molecular complexity index is 1310. The average molecular weight is 435 g/mol. The van der Waals surface area contributed by atoms with Crippen molar-refractivity contribution in [1.29, 1.82) is 0 Å². The zero-order valence-corrected chi connectivity index (χ0v) is 18.0. The van der Waals surface area contributed by atoms with Gasteiger partial charge in [0.1, 0.15) is 5.82 Å². The lowest BCUT2D eigenvalue weighted by Gasteiger charge is -2.20. The van der Waals surface area contributed by atoms with Gasteiger partial charge in [0, 0.05) is 12.6 Å². The summed E-state index contributed by atoms with van der Waals surface area (Å²) in [6.07, 6.45) is 0. The first-order chi connectivity index (χ1) is 14.8. The summed E-state index contributed by atoms with van der Waals surface area (Å²) in [7, 11) is -2.32. The predicted molar refractivity (Wildman–Crippen MR) is 120 cm³/mol. The molecule has 0 atom stereocenters. The lowest BCUT2D eigenvalue weighted by Crippen LogP contribution is -2.27. The molecular formula is C23H22N4O3S. The fraction of sp³-hybridized carbons (Fsp3) is 0.130. The third-order valence-corrected chi connectivity index (χ3v) is 6.79. The van der Waals surface area contributed by atoms with Crippen molar-refractivity contribution in [2.45, 2.75) is 18.4 Å². The first-order valence-corrected chi connectivity index (χ1v) is 11.2.